The molecule has 0 bridgehead atoms. The highest BCUT2D eigenvalue weighted by Gasteiger charge is 2.17. The zero-order valence-corrected chi connectivity index (χ0v) is 20.6. The number of rotatable bonds is 14. The lowest BCUT2D eigenvalue weighted by molar-refractivity contribution is 0.289. The van der Waals surface area contributed by atoms with Gasteiger partial charge in [0, 0.05) is 44.8 Å². The fourth-order valence-corrected chi connectivity index (χ4v) is 3.66. The second-order valence-corrected chi connectivity index (χ2v) is 8.13. The Hall–Kier alpha value is -1.77. The maximum Gasteiger partial charge on any atom is 0.0957 e. The zero-order valence-electron chi connectivity index (χ0n) is 20.6. The van der Waals surface area contributed by atoms with Crippen LogP contribution in [0.3, 0.4) is 0 Å². The molecular weight excluding hydrogens is 354 g/mol. The Morgan fingerprint density at radius 2 is 1.76 bits per heavy atom. The minimum absolute atomic E-state index is 0.457. The third kappa shape index (κ3) is 10.0. The Balaban J connectivity index is 5.15. The van der Waals surface area contributed by atoms with Crippen LogP contribution in [0.2, 0.25) is 0 Å². The van der Waals surface area contributed by atoms with Gasteiger partial charge in [-0.25, -0.2) is 0 Å². The smallest absolute Gasteiger partial charge is 0.0957 e. The largest absolute Gasteiger partial charge is 0.375 e. The monoisotopic (exact) mass is 401 g/mol. The summed E-state index contributed by atoms with van der Waals surface area (Å²) in [6, 6.07) is 0.457. The molecule has 0 rings (SSSR count). The topological polar surface area (TPSA) is 18.8 Å². The van der Waals surface area contributed by atoms with E-state index in [2.05, 4.69) is 95.6 Å². The zero-order chi connectivity index (χ0) is 22.4. The SMILES string of the molecule is C=C/C=C\C(CCC)C(CC(=C)N(CC)CCC(C)N(C)/C(C)=N/CC)=C(C)C. The van der Waals surface area contributed by atoms with Gasteiger partial charge in [-0.2, -0.15) is 0 Å². The van der Waals surface area contributed by atoms with Gasteiger partial charge in [0.25, 0.3) is 0 Å². The molecule has 0 heterocycles. The molecule has 0 saturated heterocycles. The summed E-state index contributed by atoms with van der Waals surface area (Å²) in [5.41, 5.74) is 4.14. The Kier molecular flexibility index (Phi) is 14.2. The molecule has 0 amide bonds. The predicted molar refractivity (Wildman–Crippen MR) is 133 cm³/mol. The van der Waals surface area contributed by atoms with Gasteiger partial charge in [0.05, 0.1) is 5.84 Å². The number of hydrogen-bond donors (Lipinski definition) is 0. The van der Waals surface area contributed by atoms with Crippen LogP contribution in [-0.2, 0) is 0 Å². The Bertz CT molecular complexity index is 579. The standard InChI is InChI=1S/C26H47N3/c1-11-15-17-25(16-12-2)26(21(5)6)20-23(8)29(14-4)19-18-22(7)28(10)24(9)27-13-3/h11,15,17,22,25H,1,8,12-14,16,18-20H2,2-7,9-10H3/b17-15-,27-24+. The minimum atomic E-state index is 0.457. The molecule has 0 radical (unpaired) electrons. The molecule has 0 aliphatic heterocycles. The number of nitrogens with zero attached hydrogens (tertiary/aromatic N) is 3. The van der Waals surface area contributed by atoms with Gasteiger partial charge >= 0.3 is 0 Å². The molecule has 0 aliphatic carbocycles. The van der Waals surface area contributed by atoms with E-state index in [1.165, 1.54) is 29.7 Å². The molecular formula is C26H47N3. The van der Waals surface area contributed by atoms with Gasteiger partial charge in [0.2, 0.25) is 0 Å². The maximum atomic E-state index is 4.54. The number of amidine groups is 1. The first-order valence-corrected chi connectivity index (χ1v) is 11.3. The van der Waals surface area contributed by atoms with Crippen molar-refractivity contribution in [3.63, 3.8) is 0 Å². The van der Waals surface area contributed by atoms with Gasteiger partial charge in [-0.15, -0.1) is 0 Å². The summed E-state index contributed by atoms with van der Waals surface area (Å²) in [4.78, 5) is 9.27. The molecule has 0 aliphatic rings. The summed E-state index contributed by atoms with van der Waals surface area (Å²) in [6.45, 7) is 26.6. The van der Waals surface area contributed by atoms with Crippen LogP contribution in [0.15, 0.2) is 53.2 Å². The van der Waals surface area contributed by atoms with E-state index in [0.717, 1.165) is 38.3 Å². The Labute approximate surface area is 182 Å². The van der Waals surface area contributed by atoms with Crippen molar-refractivity contribution in [3.05, 3.63) is 48.2 Å². The van der Waals surface area contributed by atoms with Crippen molar-refractivity contribution in [2.45, 2.75) is 80.2 Å². The fraction of sp³-hybridized carbons (Fsp3) is 0.654. The van der Waals surface area contributed by atoms with Gasteiger partial charge in [-0.3, -0.25) is 4.99 Å². The van der Waals surface area contributed by atoms with Crippen molar-refractivity contribution in [1.82, 2.24) is 9.80 Å². The van der Waals surface area contributed by atoms with Gasteiger partial charge in [0.15, 0.2) is 0 Å². The van der Waals surface area contributed by atoms with E-state index in [1.807, 2.05) is 6.08 Å². The van der Waals surface area contributed by atoms with Crippen LogP contribution in [0.25, 0.3) is 0 Å². The number of allylic oxidation sites excluding steroid dienone is 5. The second kappa shape index (κ2) is 15.1. The van der Waals surface area contributed by atoms with E-state index in [1.54, 1.807) is 0 Å². The van der Waals surface area contributed by atoms with Crippen molar-refractivity contribution in [2.75, 3.05) is 26.7 Å². The summed E-state index contributed by atoms with van der Waals surface area (Å²) in [5, 5.41) is 0. The van der Waals surface area contributed by atoms with Crippen LogP contribution in [0.1, 0.15) is 74.1 Å². The van der Waals surface area contributed by atoms with Crippen LogP contribution in [0.4, 0.5) is 0 Å². The van der Waals surface area contributed by atoms with Crippen molar-refractivity contribution < 1.29 is 0 Å². The lowest BCUT2D eigenvalue weighted by atomic mass is 9.87. The van der Waals surface area contributed by atoms with Crippen molar-refractivity contribution in [2.24, 2.45) is 10.9 Å². The van der Waals surface area contributed by atoms with E-state index < -0.39 is 0 Å². The Morgan fingerprint density at radius 3 is 2.24 bits per heavy atom. The molecule has 0 aromatic rings. The molecule has 0 saturated carbocycles. The average molecular weight is 402 g/mol. The first-order valence-electron chi connectivity index (χ1n) is 11.3. The quantitative estimate of drug-likeness (QED) is 0.137. The predicted octanol–water partition coefficient (Wildman–Crippen LogP) is 6.86. The highest BCUT2D eigenvalue weighted by Crippen LogP contribution is 2.29. The third-order valence-corrected chi connectivity index (χ3v) is 5.77. The summed E-state index contributed by atoms with van der Waals surface area (Å²) >= 11 is 0. The molecule has 0 aromatic carbocycles. The molecule has 2 unspecified atom stereocenters. The van der Waals surface area contributed by atoms with Crippen LogP contribution < -0.4 is 0 Å². The molecule has 166 valence electrons. The normalized spacial score (nSPS) is 13.9. The summed E-state index contributed by atoms with van der Waals surface area (Å²) in [5.74, 6) is 1.58. The Morgan fingerprint density at radius 1 is 1.10 bits per heavy atom. The maximum absolute atomic E-state index is 4.54. The molecule has 3 heteroatoms. The molecule has 0 N–H and O–H groups in total. The molecule has 0 aromatic heterocycles. The molecule has 29 heavy (non-hydrogen) atoms. The lowest BCUT2D eigenvalue weighted by Gasteiger charge is -2.32. The number of hydrogen-bond acceptors (Lipinski definition) is 2. The van der Waals surface area contributed by atoms with Crippen molar-refractivity contribution >= 4 is 5.84 Å². The third-order valence-electron chi connectivity index (χ3n) is 5.77. The van der Waals surface area contributed by atoms with E-state index in [-0.39, 0.29) is 0 Å². The number of aliphatic imine (C=N–C) groups is 1. The van der Waals surface area contributed by atoms with E-state index in [4.69, 9.17) is 0 Å². The summed E-state index contributed by atoms with van der Waals surface area (Å²) in [7, 11) is 2.15. The molecule has 2 atom stereocenters. The van der Waals surface area contributed by atoms with Crippen LogP contribution in [0.5, 0.6) is 0 Å². The molecule has 0 spiro atoms. The van der Waals surface area contributed by atoms with Crippen LogP contribution in [0, 0.1) is 5.92 Å². The highest BCUT2D eigenvalue weighted by molar-refractivity contribution is 5.79. The summed E-state index contributed by atoms with van der Waals surface area (Å²) in [6.07, 6.45) is 10.6. The van der Waals surface area contributed by atoms with Gasteiger partial charge in [0.1, 0.15) is 0 Å². The second-order valence-electron chi connectivity index (χ2n) is 8.13. The lowest BCUT2D eigenvalue weighted by Crippen LogP contribution is -2.36. The molecule has 3 nitrogen and oxygen atoms in total. The van der Waals surface area contributed by atoms with E-state index >= 15 is 0 Å². The van der Waals surface area contributed by atoms with E-state index in [9.17, 15) is 0 Å². The first kappa shape index (κ1) is 27.2. The molecule has 0 fully saturated rings. The van der Waals surface area contributed by atoms with Gasteiger partial charge in [-0.1, -0.05) is 55.9 Å². The fourth-order valence-electron chi connectivity index (χ4n) is 3.66. The summed E-state index contributed by atoms with van der Waals surface area (Å²) < 4.78 is 0. The average Bonchev–Trinajstić information content (AvgIpc) is 2.69. The first-order chi connectivity index (χ1) is 13.7. The van der Waals surface area contributed by atoms with Crippen molar-refractivity contribution in [3.8, 4) is 0 Å². The van der Waals surface area contributed by atoms with Gasteiger partial charge < -0.3 is 9.80 Å². The highest BCUT2D eigenvalue weighted by atomic mass is 15.2. The van der Waals surface area contributed by atoms with E-state index in [0.29, 0.717) is 12.0 Å². The van der Waals surface area contributed by atoms with Crippen molar-refractivity contribution in [1.29, 1.82) is 0 Å². The van der Waals surface area contributed by atoms with Gasteiger partial charge in [-0.05, 0) is 60.3 Å². The van der Waals surface area contributed by atoms with Crippen LogP contribution in [-0.4, -0.2) is 48.4 Å². The minimum Gasteiger partial charge on any atom is -0.375 e. The van der Waals surface area contributed by atoms with Crippen LogP contribution >= 0.6 is 0 Å².